The highest BCUT2D eigenvalue weighted by Gasteiger charge is 2.32. The number of halogens is 1. The number of hydrogen-bond donors (Lipinski definition) is 0. The first-order chi connectivity index (χ1) is 9.20. The van der Waals surface area contributed by atoms with E-state index in [1.54, 1.807) is 0 Å². The van der Waals surface area contributed by atoms with Gasteiger partial charge in [-0.25, -0.2) is 0 Å². The summed E-state index contributed by atoms with van der Waals surface area (Å²) in [5.74, 6) is 0.413. The number of likely N-dealkylation sites (tertiary alicyclic amines) is 1. The topological polar surface area (TPSA) is 29.5 Å². The minimum Gasteiger partial charge on any atom is -0.466 e. The van der Waals surface area contributed by atoms with Crippen molar-refractivity contribution in [1.82, 2.24) is 4.90 Å². The van der Waals surface area contributed by atoms with Crippen LogP contribution in [-0.2, 0) is 16.1 Å². The Balaban J connectivity index is 0.00000200. The summed E-state index contributed by atoms with van der Waals surface area (Å²) in [7, 11) is 0. The van der Waals surface area contributed by atoms with Crippen molar-refractivity contribution in [1.29, 1.82) is 0 Å². The minimum absolute atomic E-state index is 0. The molecule has 1 aliphatic rings. The molecule has 0 spiro atoms. The SMILES string of the molecule is CCOC(=O)C1CN(Cc2ccccc2)CCC1C.Cl. The zero-order valence-corrected chi connectivity index (χ0v) is 13.1. The molecule has 1 aromatic carbocycles. The van der Waals surface area contributed by atoms with Crippen LogP contribution in [0.15, 0.2) is 30.3 Å². The maximum atomic E-state index is 12.0. The van der Waals surface area contributed by atoms with Crippen LogP contribution >= 0.6 is 12.4 Å². The van der Waals surface area contributed by atoms with Crippen molar-refractivity contribution in [3.63, 3.8) is 0 Å². The van der Waals surface area contributed by atoms with Gasteiger partial charge >= 0.3 is 5.97 Å². The Morgan fingerprint density at radius 2 is 2.05 bits per heavy atom. The van der Waals surface area contributed by atoms with Crippen molar-refractivity contribution in [3.8, 4) is 0 Å². The summed E-state index contributed by atoms with van der Waals surface area (Å²) in [5, 5.41) is 0. The predicted octanol–water partition coefficient (Wildman–Crippen LogP) is 3.13. The van der Waals surface area contributed by atoms with E-state index in [1.807, 2.05) is 13.0 Å². The smallest absolute Gasteiger partial charge is 0.310 e. The number of hydrogen-bond acceptors (Lipinski definition) is 3. The third kappa shape index (κ3) is 4.50. The standard InChI is InChI=1S/C16H23NO2.ClH/c1-3-19-16(18)15-12-17(10-9-13(15)2)11-14-7-5-4-6-8-14;/h4-8,13,15H,3,9-12H2,1-2H3;1H. The van der Waals surface area contributed by atoms with Gasteiger partial charge in [0.25, 0.3) is 0 Å². The van der Waals surface area contributed by atoms with E-state index >= 15 is 0 Å². The molecule has 2 rings (SSSR count). The van der Waals surface area contributed by atoms with Gasteiger partial charge in [-0.05, 0) is 31.4 Å². The predicted molar refractivity (Wildman–Crippen MR) is 82.9 cm³/mol. The van der Waals surface area contributed by atoms with E-state index in [4.69, 9.17) is 4.74 Å². The quantitative estimate of drug-likeness (QED) is 0.800. The summed E-state index contributed by atoms with van der Waals surface area (Å²) >= 11 is 0. The lowest BCUT2D eigenvalue weighted by Crippen LogP contribution is -2.43. The first-order valence-corrected chi connectivity index (χ1v) is 7.13. The Bertz CT molecular complexity index is 410. The van der Waals surface area contributed by atoms with Crippen LogP contribution in [0, 0.1) is 11.8 Å². The molecule has 1 aromatic rings. The number of esters is 1. The first kappa shape index (κ1) is 17.0. The third-order valence-electron chi connectivity index (χ3n) is 3.88. The Morgan fingerprint density at radius 1 is 1.35 bits per heavy atom. The third-order valence-corrected chi connectivity index (χ3v) is 3.88. The van der Waals surface area contributed by atoms with Crippen LogP contribution in [0.25, 0.3) is 0 Å². The van der Waals surface area contributed by atoms with Gasteiger partial charge < -0.3 is 4.74 Å². The fourth-order valence-corrected chi connectivity index (χ4v) is 2.68. The highest BCUT2D eigenvalue weighted by Crippen LogP contribution is 2.25. The van der Waals surface area contributed by atoms with Gasteiger partial charge in [0.15, 0.2) is 0 Å². The van der Waals surface area contributed by atoms with Gasteiger partial charge in [0.05, 0.1) is 12.5 Å². The molecule has 0 radical (unpaired) electrons. The summed E-state index contributed by atoms with van der Waals surface area (Å²) in [6, 6.07) is 10.4. The van der Waals surface area contributed by atoms with E-state index in [9.17, 15) is 4.79 Å². The first-order valence-electron chi connectivity index (χ1n) is 7.13. The number of benzene rings is 1. The van der Waals surface area contributed by atoms with Crippen molar-refractivity contribution in [2.75, 3.05) is 19.7 Å². The Morgan fingerprint density at radius 3 is 2.70 bits per heavy atom. The highest BCUT2D eigenvalue weighted by molar-refractivity contribution is 5.85. The van der Waals surface area contributed by atoms with Crippen LogP contribution < -0.4 is 0 Å². The summed E-state index contributed by atoms with van der Waals surface area (Å²) in [6.45, 7) is 7.29. The van der Waals surface area contributed by atoms with Gasteiger partial charge in [-0.1, -0.05) is 37.3 Å². The lowest BCUT2D eigenvalue weighted by Gasteiger charge is -2.35. The molecular formula is C16H24ClNO2. The number of rotatable bonds is 4. The van der Waals surface area contributed by atoms with Crippen LogP contribution in [0.5, 0.6) is 0 Å². The highest BCUT2D eigenvalue weighted by atomic mass is 35.5. The number of ether oxygens (including phenoxy) is 1. The molecule has 20 heavy (non-hydrogen) atoms. The van der Waals surface area contributed by atoms with E-state index in [-0.39, 0.29) is 24.3 Å². The molecule has 4 heteroatoms. The number of nitrogens with zero attached hydrogens (tertiary/aromatic N) is 1. The molecular weight excluding hydrogens is 274 g/mol. The molecule has 0 saturated carbocycles. The summed E-state index contributed by atoms with van der Waals surface area (Å²) in [5.41, 5.74) is 1.31. The fraction of sp³-hybridized carbons (Fsp3) is 0.562. The molecule has 1 heterocycles. The van der Waals surface area contributed by atoms with Crippen LogP contribution in [0.4, 0.5) is 0 Å². The molecule has 0 N–H and O–H groups in total. The minimum atomic E-state index is -0.0345. The van der Waals surface area contributed by atoms with Crippen molar-refractivity contribution in [3.05, 3.63) is 35.9 Å². The van der Waals surface area contributed by atoms with E-state index in [2.05, 4.69) is 36.1 Å². The van der Waals surface area contributed by atoms with E-state index < -0.39 is 0 Å². The molecule has 0 aliphatic carbocycles. The fourth-order valence-electron chi connectivity index (χ4n) is 2.68. The molecule has 2 unspecified atom stereocenters. The van der Waals surface area contributed by atoms with Crippen LogP contribution in [0.2, 0.25) is 0 Å². The molecule has 0 amide bonds. The van der Waals surface area contributed by atoms with Gasteiger partial charge in [-0.2, -0.15) is 0 Å². The zero-order valence-electron chi connectivity index (χ0n) is 12.2. The van der Waals surface area contributed by atoms with E-state index in [1.165, 1.54) is 5.56 Å². The van der Waals surface area contributed by atoms with Gasteiger partial charge in [-0.15, -0.1) is 12.4 Å². The Kier molecular flexibility index (Phi) is 7.03. The largest absolute Gasteiger partial charge is 0.466 e. The van der Waals surface area contributed by atoms with Crippen molar-refractivity contribution in [2.24, 2.45) is 11.8 Å². The molecule has 0 bridgehead atoms. The summed E-state index contributed by atoms with van der Waals surface area (Å²) in [4.78, 5) is 14.3. The second-order valence-electron chi connectivity index (χ2n) is 5.35. The summed E-state index contributed by atoms with van der Waals surface area (Å²) in [6.07, 6.45) is 1.07. The number of piperidine rings is 1. The number of carbonyl (C=O) groups is 1. The van der Waals surface area contributed by atoms with Crippen molar-refractivity contribution >= 4 is 18.4 Å². The van der Waals surface area contributed by atoms with Crippen molar-refractivity contribution < 1.29 is 9.53 Å². The van der Waals surface area contributed by atoms with Gasteiger partial charge in [0, 0.05) is 13.1 Å². The van der Waals surface area contributed by atoms with Gasteiger partial charge in [-0.3, -0.25) is 9.69 Å². The van der Waals surface area contributed by atoms with E-state index in [0.717, 1.165) is 26.1 Å². The lowest BCUT2D eigenvalue weighted by molar-refractivity contribution is -0.152. The van der Waals surface area contributed by atoms with E-state index in [0.29, 0.717) is 12.5 Å². The maximum Gasteiger partial charge on any atom is 0.310 e. The zero-order chi connectivity index (χ0) is 13.7. The molecule has 0 aromatic heterocycles. The van der Waals surface area contributed by atoms with Gasteiger partial charge in [0.1, 0.15) is 0 Å². The second-order valence-corrected chi connectivity index (χ2v) is 5.35. The molecule has 112 valence electrons. The van der Waals surface area contributed by atoms with Crippen LogP contribution in [0.1, 0.15) is 25.8 Å². The molecule has 1 fully saturated rings. The van der Waals surface area contributed by atoms with Crippen molar-refractivity contribution in [2.45, 2.75) is 26.8 Å². The molecule has 1 aliphatic heterocycles. The average Bonchev–Trinajstić information content (AvgIpc) is 2.42. The van der Waals surface area contributed by atoms with Crippen LogP contribution in [0.3, 0.4) is 0 Å². The normalized spacial score (nSPS) is 22.9. The lowest BCUT2D eigenvalue weighted by atomic mass is 9.87. The maximum absolute atomic E-state index is 12.0. The van der Waals surface area contributed by atoms with Crippen LogP contribution in [-0.4, -0.2) is 30.6 Å². The number of carbonyl (C=O) groups excluding carboxylic acids is 1. The Labute approximate surface area is 127 Å². The molecule has 2 atom stereocenters. The summed E-state index contributed by atoms with van der Waals surface area (Å²) < 4.78 is 5.18. The Hall–Kier alpha value is -1.06. The molecule has 1 saturated heterocycles. The van der Waals surface area contributed by atoms with Gasteiger partial charge in [0.2, 0.25) is 0 Å². The monoisotopic (exact) mass is 297 g/mol. The molecule has 3 nitrogen and oxygen atoms in total. The average molecular weight is 298 g/mol. The second kappa shape index (κ2) is 8.28.